The summed E-state index contributed by atoms with van der Waals surface area (Å²) in [6.07, 6.45) is 1.50. The third kappa shape index (κ3) is 4.62. The van der Waals surface area contributed by atoms with Gasteiger partial charge in [0.2, 0.25) is 11.8 Å². The van der Waals surface area contributed by atoms with Gasteiger partial charge in [0.1, 0.15) is 5.75 Å². The lowest BCUT2D eigenvalue weighted by atomic mass is 10.1. The summed E-state index contributed by atoms with van der Waals surface area (Å²) >= 11 is 0. The Hall–Kier alpha value is -2.04. The maximum atomic E-state index is 11.7. The van der Waals surface area contributed by atoms with Gasteiger partial charge in [0.25, 0.3) is 0 Å². The van der Waals surface area contributed by atoms with Crippen LogP contribution in [-0.2, 0) is 9.59 Å². The number of piperidine rings is 1. The molecule has 0 saturated carbocycles. The molecule has 2 N–H and O–H groups in total. The molecule has 1 aliphatic rings. The van der Waals surface area contributed by atoms with E-state index in [1.165, 1.54) is 0 Å². The summed E-state index contributed by atoms with van der Waals surface area (Å²) in [4.78, 5) is 22.7. The van der Waals surface area contributed by atoms with E-state index in [0.29, 0.717) is 32.4 Å². The van der Waals surface area contributed by atoms with Gasteiger partial charge in [0.15, 0.2) is 0 Å². The van der Waals surface area contributed by atoms with Crippen LogP contribution in [0.15, 0.2) is 30.3 Å². The normalized spacial score (nSPS) is 18.5. The minimum Gasteiger partial charge on any atom is -0.493 e. The fourth-order valence-electron chi connectivity index (χ4n) is 1.93. The number of rotatable bonds is 5. The summed E-state index contributed by atoms with van der Waals surface area (Å²) in [5.74, 6) is 0.773. The van der Waals surface area contributed by atoms with Crippen LogP contribution in [0.25, 0.3) is 0 Å². The fourth-order valence-corrected chi connectivity index (χ4v) is 1.93. The fraction of sp³-hybridized carbons (Fsp3) is 0.429. The molecule has 1 aromatic rings. The Morgan fingerprint density at radius 2 is 2.16 bits per heavy atom. The lowest BCUT2D eigenvalue weighted by Crippen LogP contribution is -2.47. The van der Waals surface area contributed by atoms with Gasteiger partial charge in [-0.15, -0.1) is 0 Å². The van der Waals surface area contributed by atoms with Crippen LogP contribution >= 0.6 is 0 Å². The number of carbonyl (C=O) groups excluding carboxylic acids is 2. The zero-order valence-corrected chi connectivity index (χ0v) is 10.7. The Morgan fingerprint density at radius 1 is 1.37 bits per heavy atom. The highest BCUT2D eigenvalue weighted by atomic mass is 16.5. The Balaban J connectivity index is 1.63. The van der Waals surface area contributed by atoms with Crippen molar-refractivity contribution in [3.63, 3.8) is 0 Å². The molecular formula is C14H18N2O3. The predicted octanol–water partition coefficient (Wildman–Crippen LogP) is 0.850. The van der Waals surface area contributed by atoms with Crippen LogP contribution in [0.4, 0.5) is 0 Å². The number of ether oxygens (including phenoxy) is 1. The quantitative estimate of drug-likeness (QED) is 0.826. The van der Waals surface area contributed by atoms with Crippen LogP contribution in [0.2, 0.25) is 0 Å². The van der Waals surface area contributed by atoms with E-state index in [2.05, 4.69) is 10.6 Å². The molecule has 0 aliphatic carbocycles. The highest BCUT2D eigenvalue weighted by Crippen LogP contribution is 2.08. The van der Waals surface area contributed by atoms with Gasteiger partial charge in [-0.05, 0) is 18.6 Å². The molecule has 19 heavy (non-hydrogen) atoms. The molecule has 1 atom stereocenters. The van der Waals surface area contributed by atoms with Crippen molar-refractivity contribution in [3.8, 4) is 5.75 Å². The zero-order chi connectivity index (χ0) is 13.5. The summed E-state index contributed by atoms with van der Waals surface area (Å²) in [5, 5.41) is 5.63. The summed E-state index contributed by atoms with van der Waals surface area (Å²) < 4.78 is 5.45. The molecule has 0 radical (unpaired) electrons. The number of para-hydroxylation sites is 1. The average molecular weight is 262 g/mol. The first-order valence-corrected chi connectivity index (χ1v) is 6.48. The molecule has 1 aliphatic heterocycles. The lowest BCUT2D eigenvalue weighted by Gasteiger charge is -2.23. The van der Waals surface area contributed by atoms with Crippen molar-refractivity contribution >= 4 is 11.8 Å². The molecule has 1 heterocycles. The van der Waals surface area contributed by atoms with Crippen molar-refractivity contribution in [1.82, 2.24) is 10.6 Å². The minimum absolute atomic E-state index is 0.0434. The largest absolute Gasteiger partial charge is 0.493 e. The van der Waals surface area contributed by atoms with Crippen LogP contribution in [0, 0.1) is 0 Å². The lowest BCUT2D eigenvalue weighted by molar-refractivity contribution is -0.125. The van der Waals surface area contributed by atoms with Gasteiger partial charge in [-0.3, -0.25) is 9.59 Å². The second-order valence-corrected chi connectivity index (χ2v) is 4.52. The van der Waals surface area contributed by atoms with Crippen molar-refractivity contribution < 1.29 is 14.3 Å². The molecule has 1 unspecified atom stereocenters. The molecule has 1 aromatic carbocycles. The highest BCUT2D eigenvalue weighted by Gasteiger charge is 2.19. The molecule has 2 amide bonds. The standard InChI is InChI=1S/C14H18N2O3/c17-13-7-6-11(10-15-13)16-14(18)8-9-19-12-4-2-1-3-5-12/h1-5,11H,6-10H2,(H,15,17)(H,16,18). The molecule has 0 aromatic heterocycles. The third-order valence-electron chi connectivity index (χ3n) is 2.97. The predicted molar refractivity (Wildman–Crippen MR) is 70.7 cm³/mol. The van der Waals surface area contributed by atoms with E-state index in [1.54, 1.807) is 0 Å². The first-order valence-electron chi connectivity index (χ1n) is 6.48. The Morgan fingerprint density at radius 3 is 2.84 bits per heavy atom. The molecule has 5 heteroatoms. The molecule has 0 bridgehead atoms. The van der Waals surface area contributed by atoms with Crippen LogP contribution in [0.1, 0.15) is 19.3 Å². The van der Waals surface area contributed by atoms with E-state index in [9.17, 15) is 9.59 Å². The second-order valence-electron chi connectivity index (χ2n) is 4.52. The van der Waals surface area contributed by atoms with Crippen molar-refractivity contribution in [2.24, 2.45) is 0 Å². The van der Waals surface area contributed by atoms with Crippen molar-refractivity contribution in [2.75, 3.05) is 13.2 Å². The first-order chi connectivity index (χ1) is 9.24. The number of hydrogen-bond donors (Lipinski definition) is 2. The van der Waals surface area contributed by atoms with Gasteiger partial charge in [-0.25, -0.2) is 0 Å². The topological polar surface area (TPSA) is 67.4 Å². The van der Waals surface area contributed by atoms with Crippen LogP contribution in [-0.4, -0.2) is 31.0 Å². The van der Waals surface area contributed by atoms with Gasteiger partial charge >= 0.3 is 0 Å². The smallest absolute Gasteiger partial charge is 0.223 e. The number of carbonyl (C=O) groups is 2. The second kappa shape index (κ2) is 6.78. The van der Waals surface area contributed by atoms with E-state index < -0.39 is 0 Å². The Labute approximate surface area is 112 Å². The Bertz CT molecular complexity index is 424. The monoisotopic (exact) mass is 262 g/mol. The molecule has 102 valence electrons. The molecule has 1 fully saturated rings. The Kier molecular flexibility index (Phi) is 4.78. The van der Waals surface area contributed by atoms with Gasteiger partial charge < -0.3 is 15.4 Å². The van der Waals surface area contributed by atoms with Gasteiger partial charge in [-0.2, -0.15) is 0 Å². The van der Waals surface area contributed by atoms with Crippen LogP contribution < -0.4 is 15.4 Å². The first kappa shape index (κ1) is 13.4. The summed E-state index contributed by atoms with van der Waals surface area (Å²) in [6.45, 7) is 0.874. The van der Waals surface area contributed by atoms with E-state index in [-0.39, 0.29) is 17.9 Å². The number of amides is 2. The molecular weight excluding hydrogens is 244 g/mol. The van der Waals surface area contributed by atoms with E-state index in [4.69, 9.17) is 4.74 Å². The van der Waals surface area contributed by atoms with Gasteiger partial charge in [-0.1, -0.05) is 18.2 Å². The van der Waals surface area contributed by atoms with Crippen molar-refractivity contribution in [1.29, 1.82) is 0 Å². The summed E-state index contributed by atoms with van der Waals surface area (Å²) in [7, 11) is 0. The average Bonchev–Trinajstić information content (AvgIpc) is 2.43. The maximum absolute atomic E-state index is 11.7. The SMILES string of the molecule is O=C1CCC(NC(=O)CCOc2ccccc2)CN1. The minimum atomic E-state index is -0.0444. The van der Waals surface area contributed by atoms with Crippen molar-refractivity contribution in [2.45, 2.75) is 25.3 Å². The van der Waals surface area contributed by atoms with Gasteiger partial charge in [0.05, 0.1) is 13.0 Å². The number of nitrogens with one attached hydrogen (secondary N) is 2. The molecule has 1 saturated heterocycles. The van der Waals surface area contributed by atoms with E-state index in [1.807, 2.05) is 30.3 Å². The van der Waals surface area contributed by atoms with E-state index >= 15 is 0 Å². The van der Waals surface area contributed by atoms with Crippen molar-refractivity contribution in [3.05, 3.63) is 30.3 Å². The third-order valence-corrected chi connectivity index (χ3v) is 2.97. The van der Waals surface area contributed by atoms with Gasteiger partial charge in [0, 0.05) is 19.0 Å². The zero-order valence-electron chi connectivity index (χ0n) is 10.7. The molecule has 0 spiro atoms. The maximum Gasteiger partial charge on any atom is 0.223 e. The highest BCUT2D eigenvalue weighted by molar-refractivity contribution is 5.79. The van der Waals surface area contributed by atoms with Crippen LogP contribution in [0.5, 0.6) is 5.75 Å². The van der Waals surface area contributed by atoms with Crippen LogP contribution in [0.3, 0.4) is 0 Å². The molecule has 5 nitrogen and oxygen atoms in total. The number of benzene rings is 1. The summed E-state index contributed by atoms with van der Waals surface area (Å²) in [6, 6.07) is 9.45. The summed E-state index contributed by atoms with van der Waals surface area (Å²) in [5.41, 5.74) is 0. The number of hydrogen-bond acceptors (Lipinski definition) is 3. The molecule has 2 rings (SSSR count). The van der Waals surface area contributed by atoms with E-state index in [0.717, 1.165) is 5.75 Å².